The highest BCUT2D eigenvalue weighted by Gasteiger charge is 2.55. The first-order valence-corrected chi connectivity index (χ1v) is 5.41. The van der Waals surface area contributed by atoms with E-state index in [0.29, 0.717) is 0 Å². The largest absolute Gasteiger partial charge is 0.396 e. The summed E-state index contributed by atoms with van der Waals surface area (Å²) in [4.78, 5) is 0. The van der Waals surface area contributed by atoms with E-state index in [1.54, 1.807) is 0 Å². The van der Waals surface area contributed by atoms with Gasteiger partial charge in [0.1, 0.15) is 13.3 Å². The Balaban J connectivity index is 2.96. The van der Waals surface area contributed by atoms with Gasteiger partial charge in [0.2, 0.25) is 5.54 Å². The van der Waals surface area contributed by atoms with E-state index in [9.17, 15) is 4.39 Å². The molecular weight excluding hydrogens is 193 g/mol. The van der Waals surface area contributed by atoms with Crippen LogP contribution in [0, 0.1) is 11.8 Å². The second kappa shape index (κ2) is 4.05. The van der Waals surface area contributed by atoms with E-state index in [0.717, 1.165) is 5.57 Å². The van der Waals surface area contributed by atoms with Gasteiger partial charge in [-0.2, -0.15) is 0 Å². The topological polar surface area (TPSA) is 23.2 Å². The van der Waals surface area contributed by atoms with Gasteiger partial charge >= 0.3 is 0 Å². The zero-order valence-electron chi connectivity index (χ0n) is 10.2. The van der Waals surface area contributed by atoms with Crippen LogP contribution in [0.25, 0.3) is 0 Å². The van der Waals surface area contributed by atoms with Crippen molar-refractivity contribution in [2.24, 2.45) is 11.8 Å². The lowest BCUT2D eigenvalue weighted by Crippen LogP contribution is -2.52. The highest BCUT2D eigenvalue weighted by Crippen LogP contribution is 2.46. The van der Waals surface area contributed by atoms with Gasteiger partial charge in [0.15, 0.2) is 5.83 Å². The Hall–Kier alpha value is -0.700. The van der Waals surface area contributed by atoms with Crippen molar-refractivity contribution in [1.29, 1.82) is 0 Å². The van der Waals surface area contributed by atoms with Crippen molar-refractivity contribution in [1.82, 2.24) is 0 Å². The number of hydrogen-bond donors (Lipinski definition) is 1. The summed E-state index contributed by atoms with van der Waals surface area (Å²) in [5.41, 5.74) is 0.322. The predicted octanol–water partition coefficient (Wildman–Crippen LogP) is 1.98. The Bertz CT molecular complexity index is 322. The van der Waals surface area contributed by atoms with Crippen LogP contribution in [0.3, 0.4) is 0 Å². The maximum absolute atomic E-state index is 13.8. The summed E-state index contributed by atoms with van der Waals surface area (Å²) in [5, 5.41) is 8.96. The Morgan fingerprint density at radius 3 is 2.60 bits per heavy atom. The van der Waals surface area contributed by atoms with Crippen molar-refractivity contribution in [2.45, 2.75) is 33.2 Å². The minimum Gasteiger partial charge on any atom is -0.396 e. The van der Waals surface area contributed by atoms with Crippen LogP contribution in [0.15, 0.2) is 11.4 Å². The second-order valence-corrected chi connectivity index (χ2v) is 4.79. The fourth-order valence-corrected chi connectivity index (χ4v) is 2.17. The molecule has 0 amide bonds. The second-order valence-electron chi connectivity index (χ2n) is 4.79. The first-order chi connectivity index (χ1) is 6.85. The van der Waals surface area contributed by atoms with E-state index in [1.807, 2.05) is 45.5 Å². The smallest absolute Gasteiger partial charge is 0.216 e. The number of rotatable bonds is 3. The molecule has 3 atom stereocenters. The highest BCUT2D eigenvalue weighted by molar-refractivity contribution is 5.55. The number of halogens is 1. The lowest BCUT2D eigenvalue weighted by molar-refractivity contribution is -0.583. The van der Waals surface area contributed by atoms with Crippen LogP contribution in [0.1, 0.15) is 27.7 Å². The first kappa shape index (κ1) is 12.4. The van der Waals surface area contributed by atoms with Crippen LogP contribution < -0.4 is 0 Å². The van der Waals surface area contributed by atoms with Crippen LogP contribution in [0.5, 0.6) is 0 Å². The van der Waals surface area contributed by atoms with Crippen LogP contribution in [0.2, 0.25) is 0 Å². The summed E-state index contributed by atoms with van der Waals surface area (Å²) in [6.45, 7) is 7.79. The molecule has 0 heterocycles. The molecule has 0 spiro atoms. The van der Waals surface area contributed by atoms with E-state index < -0.39 is 5.54 Å². The maximum atomic E-state index is 13.8. The summed E-state index contributed by atoms with van der Waals surface area (Å²) in [6, 6.07) is 0. The predicted molar refractivity (Wildman–Crippen MR) is 59.9 cm³/mol. The van der Waals surface area contributed by atoms with Crippen molar-refractivity contribution in [3.63, 3.8) is 0 Å². The Labute approximate surface area is 91.1 Å². The standard InChI is InChI=1S/C12H21FNO/c1-8(7-15)6-14(5)12(4)10(3)9(2)11(12)13/h6,8,10,15H,7H2,1-5H3/q+1. The molecule has 0 aromatic rings. The van der Waals surface area contributed by atoms with Crippen molar-refractivity contribution in [3.05, 3.63) is 11.4 Å². The van der Waals surface area contributed by atoms with Gasteiger partial charge in [-0.15, -0.1) is 0 Å². The zero-order chi connectivity index (χ0) is 11.8. The average molecular weight is 214 g/mol. The lowest BCUT2D eigenvalue weighted by atomic mass is 9.69. The molecule has 1 rings (SSSR count). The van der Waals surface area contributed by atoms with Crippen LogP contribution in [-0.4, -0.2) is 35.1 Å². The molecule has 0 radical (unpaired) electrons. The maximum Gasteiger partial charge on any atom is 0.216 e. The number of nitrogens with zero attached hydrogens (tertiary/aromatic N) is 1. The molecule has 0 aromatic heterocycles. The summed E-state index contributed by atoms with van der Waals surface area (Å²) >= 11 is 0. The molecule has 0 saturated heterocycles. The van der Waals surface area contributed by atoms with Gasteiger partial charge in [-0.1, -0.05) is 13.8 Å². The third kappa shape index (κ3) is 1.73. The molecule has 3 heteroatoms. The summed E-state index contributed by atoms with van der Waals surface area (Å²) < 4.78 is 15.7. The lowest BCUT2D eigenvalue weighted by Gasteiger charge is -2.40. The molecule has 1 aliphatic carbocycles. The van der Waals surface area contributed by atoms with Crippen molar-refractivity contribution >= 4 is 6.21 Å². The molecule has 2 nitrogen and oxygen atoms in total. The fourth-order valence-electron chi connectivity index (χ4n) is 2.17. The third-order valence-electron chi connectivity index (χ3n) is 3.78. The minimum atomic E-state index is -0.520. The molecule has 3 unspecified atom stereocenters. The van der Waals surface area contributed by atoms with E-state index in [4.69, 9.17) is 5.11 Å². The molecular formula is C12H21FNO+. The molecule has 1 aliphatic rings. The van der Waals surface area contributed by atoms with Crippen LogP contribution in [-0.2, 0) is 0 Å². The average Bonchev–Trinajstić information content (AvgIpc) is 2.25. The zero-order valence-corrected chi connectivity index (χ0v) is 10.2. The van der Waals surface area contributed by atoms with Gasteiger partial charge in [-0.25, -0.2) is 8.97 Å². The van der Waals surface area contributed by atoms with E-state index in [2.05, 4.69) is 0 Å². The summed E-state index contributed by atoms with van der Waals surface area (Å²) in [7, 11) is 1.87. The Morgan fingerprint density at radius 2 is 2.20 bits per heavy atom. The van der Waals surface area contributed by atoms with Gasteiger partial charge in [0, 0.05) is 6.92 Å². The molecule has 0 saturated carbocycles. The van der Waals surface area contributed by atoms with Gasteiger partial charge in [-0.05, 0) is 12.5 Å². The van der Waals surface area contributed by atoms with Gasteiger partial charge in [-0.3, -0.25) is 0 Å². The number of hydrogen-bond acceptors (Lipinski definition) is 1. The Kier molecular flexibility index (Phi) is 3.34. The van der Waals surface area contributed by atoms with Crippen molar-refractivity contribution in [3.8, 4) is 0 Å². The van der Waals surface area contributed by atoms with Gasteiger partial charge in [0.05, 0.1) is 18.4 Å². The quantitative estimate of drug-likeness (QED) is 0.563. The number of likely N-dealkylation sites (N-methyl/N-ethyl adjacent to an activating group) is 1. The van der Waals surface area contributed by atoms with Crippen LogP contribution in [0.4, 0.5) is 4.39 Å². The fraction of sp³-hybridized carbons (Fsp3) is 0.750. The van der Waals surface area contributed by atoms with Gasteiger partial charge < -0.3 is 5.11 Å². The van der Waals surface area contributed by atoms with Crippen molar-refractivity contribution in [2.75, 3.05) is 13.7 Å². The van der Waals surface area contributed by atoms with E-state index in [1.165, 1.54) is 0 Å². The normalized spacial score (nSPS) is 34.1. The minimum absolute atomic E-state index is 0.0288. The summed E-state index contributed by atoms with van der Waals surface area (Å²) in [5.74, 6) is 0.260. The monoisotopic (exact) mass is 214 g/mol. The Morgan fingerprint density at radius 1 is 1.67 bits per heavy atom. The molecule has 86 valence electrons. The number of aliphatic hydroxyl groups is 1. The number of aliphatic hydroxyl groups excluding tert-OH is 1. The summed E-state index contributed by atoms with van der Waals surface area (Å²) in [6.07, 6.45) is 1.89. The molecule has 15 heavy (non-hydrogen) atoms. The van der Waals surface area contributed by atoms with Crippen LogP contribution >= 0.6 is 0 Å². The molecule has 0 aromatic carbocycles. The highest BCUT2D eigenvalue weighted by atomic mass is 19.1. The van der Waals surface area contributed by atoms with Crippen molar-refractivity contribution < 1.29 is 14.1 Å². The molecule has 1 N–H and O–H groups in total. The van der Waals surface area contributed by atoms with E-state index >= 15 is 0 Å². The molecule has 0 bridgehead atoms. The van der Waals surface area contributed by atoms with E-state index in [-0.39, 0.29) is 24.3 Å². The van der Waals surface area contributed by atoms with Gasteiger partial charge in [0.25, 0.3) is 0 Å². The first-order valence-electron chi connectivity index (χ1n) is 5.41. The SMILES string of the molecule is CC1=C(F)C(C)([N+](C)=CC(C)CO)C1C. The molecule has 0 aliphatic heterocycles. The third-order valence-corrected chi connectivity index (χ3v) is 3.78. The molecule has 0 fully saturated rings.